The Morgan fingerprint density at radius 2 is 1.94 bits per heavy atom. The maximum atomic E-state index is 10.6. The van der Waals surface area contributed by atoms with Crippen molar-refractivity contribution in [1.82, 2.24) is 9.80 Å². The molecule has 5 heteroatoms. The number of aliphatic carboxylic acids is 1. The molecule has 0 atom stereocenters. The third kappa shape index (κ3) is 3.80. The predicted molar refractivity (Wildman–Crippen MR) is 68.4 cm³/mol. The molecule has 0 aliphatic carbocycles. The van der Waals surface area contributed by atoms with Crippen LogP contribution in [0.5, 0.6) is 0 Å². The highest BCUT2D eigenvalue weighted by Crippen LogP contribution is 2.17. The van der Waals surface area contributed by atoms with Crippen LogP contribution in [0.3, 0.4) is 0 Å². The van der Waals surface area contributed by atoms with Crippen LogP contribution in [0, 0.1) is 6.92 Å². The number of thiophene rings is 1. The molecular weight excluding hydrogens is 236 g/mol. The number of carbonyl (C=O) groups is 1. The van der Waals surface area contributed by atoms with E-state index in [1.165, 1.54) is 9.75 Å². The molecule has 0 bridgehead atoms. The van der Waals surface area contributed by atoms with Crippen molar-refractivity contribution in [2.45, 2.75) is 13.5 Å². The zero-order valence-corrected chi connectivity index (χ0v) is 10.9. The predicted octanol–water partition coefficient (Wildman–Crippen LogP) is 1.26. The van der Waals surface area contributed by atoms with Crippen molar-refractivity contribution in [3.63, 3.8) is 0 Å². The van der Waals surface area contributed by atoms with E-state index in [1.807, 2.05) is 16.2 Å². The highest BCUT2D eigenvalue weighted by atomic mass is 32.1. The van der Waals surface area contributed by atoms with Crippen molar-refractivity contribution >= 4 is 17.3 Å². The Balaban J connectivity index is 1.77. The summed E-state index contributed by atoms with van der Waals surface area (Å²) in [5, 5.41) is 8.72. The van der Waals surface area contributed by atoms with Crippen LogP contribution in [0.15, 0.2) is 12.1 Å². The van der Waals surface area contributed by atoms with Crippen LogP contribution < -0.4 is 0 Å². The van der Waals surface area contributed by atoms with Gasteiger partial charge in [-0.15, -0.1) is 11.3 Å². The van der Waals surface area contributed by atoms with Crippen LogP contribution in [0.1, 0.15) is 9.75 Å². The second kappa shape index (κ2) is 5.62. The van der Waals surface area contributed by atoms with E-state index in [0.29, 0.717) is 0 Å². The number of nitrogens with zero attached hydrogens (tertiary/aromatic N) is 2. The van der Waals surface area contributed by atoms with Crippen molar-refractivity contribution in [3.05, 3.63) is 21.9 Å². The minimum absolute atomic E-state index is 0.173. The Morgan fingerprint density at radius 1 is 1.29 bits per heavy atom. The highest BCUT2D eigenvalue weighted by molar-refractivity contribution is 7.11. The standard InChI is InChI=1S/C12H18N2O2S/c1-10-2-3-11(17-10)8-13-4-6-14(7-5-13)9-12(15)16/h2-3H,4-9H2,1H3,(H,15,16). The fraction of sp³-hybridized carbons (Fsp3) is 0.583. The first kappa shape index (κ1) is 12.5. The minimum Gasteiger partial charge on any atom is -0.480 e. The van der Waals surface area contributed by atoms with Gasteiger partial charge in [0, 0.05) is 42.5 Å². The Kier molecular flexibility index (Phi) is 4.15. The average Bonchev–Trinajstić information content (AvgIpc) is 2.66. The summed E-state index contributed by atoms with van der Waals surface area (Å²) in [5.41, 5.74) is 0. The number of carboxylic acid groups (broad SMARTS) is 1. The van der Waals surface area contributed by atoms with Crippen LogP contribution in [-0.4, -0.2) is 53.6 Å². The van der Waals surface area contributed by atoms with Gasteiger partial charge in [0.15, 0.2) is 0 Å². The van der Waals surface area contributed by atoms with Crippen molar-refractivity contribution in [2.24, 2.45) is 0 Å². The molecule has 17 heavy (non-hydrogen) atoms. The number of hydrogen-bond acceptors (Lipinski definition) is 4. The number of aryl methyl sites for hydroxylation is 1. The lowest BCUT2D eigenvalue weighted by Crippen LogP contribution is -2.47. The molecule has 1 aliphatic rings. The Bertz CT molecular complexity index is 384. The summed E-state index contributed by atoms with van der Waals surface area (Å²) >= 11 is 1.84. The van der Waals surface area contributed by atoms with Gasteiger partial charge < -0.3 is 5.11 Å². The minimum atomic E-state index is -0.729. The fourth-order valence-corrected chi connectivity index (χ4v) is 3.02. The van der Waals surface area contributed by atoms with Gasteiger partial charge in [-0.25, -0.2) is 0 Å². The first-order chi connectivity index (χ1) is 8.13. The fourth-order valence-electron chi connectivity index (χ4n) is 2.09. The van der Waals surface area contributed by atoms with Gasteiger partial charge in [-0.2, -0.15) is 0 Å². The summed E-state index contributed by atoms with van der Waals surface area (Å²) in [6, 6.07) is 4.34. The molecule has 1 aromatic rings. The SMILES string of the molecule is Cc1ccc(CN2CCN(CC(=O)O)CC2)s1. The largest absolute Gasteiger partial charge is 0.480 e. The van der Waals surface area contributed by atoms with E-state index in [9.17, 15) is 4.79 Å². The van der Waals surface area contributed by atoms with Crippen LogP contribution in [0.4, 0.5) is 0 Å². The third-order valence-corrected chi connectivity index (χ3v) is 3.98. The molecule has 0 aromatic carbocycles. The van der Waals surface area contributed by atoms with Crippen molar-refractivity contribution in [2.75, 3.05) is 32.7 Å². The second-order valence-electron chi connectivity index (χ2n) is 4.46. The van der Waals surface area contributed by atoms with E-state index >= 15 is 0 Å². The molecule has 1 saturated heterocycles. The van der Waals surface area contributed by atoms with Crippen molar-refractivity contribution < 1.29 is 9.90 Å². The Morgan fingerprint density at radius 3 is 2.47 bits per heavy atom. The van der Waals surface area contributed by atoms with Crippen molar-refractivity contribution in [3.8, 4) is 0 Å². The zero-order chi connectivity index (χ0) is 12.3. The molecule has 0 saturated carbocycles. The molecule has 0 unspecified atom stereocenters. The van der Waals surface area contributed by atoms with Crippen LogP contribution in [0.25, 0.3) is 0 Å². The zero-order valence-electron chi connectivity index (χ0n) is 10.1. The summed E-state index contributed by atoms with van der Waals surface area (Å²) in [6.45, 7) is 6.94. The van der Waals surface area contributed by atoms with Gasteiger partial charge in [0.05, 0.1) is 6.54 Å². The quantitative estimate of drug-likeness (QED) is 0.878. The molecule has 0 spiro atoms. The summed E-state index contributed by atoms with van der Waals surface area (Å²) in [5.74, 6) is -0.729. The van der Waals surface area contributed by atoms with Gasteiger partial charge in [-0.3, -0.25) is 14.6 Å². The number of hydrogen-bond donors (Lipinski definition) is 1. The molecule has 1 N–H and O–H groups in total. The molecule has 94 valence electrons. The maximum absolute atomic E-state index is 10.6. The van der Waals surface area contributed by atoms with Gasteiger partial charge in [-0.1, -0.05) is 0 Å². The van der Waals surface area contributed by atoms with Crippen LogP contribution in [0.2, 0.25) is 0 Å². The van der Waals surface area contributed by atoms with E-state index < -0.39 is 5.97 Å². The number of piperazine rings is 1. The van der Waals surface area contributed by atoms with Crippen LogP contribution in [-0.2, 0) is 11.3 Å². The summed E-state index contributed by atoms with van der Waals surface area (Å²) in [7, 11) is 0. The van der Waals surface area contributed by atoms with E-state index in [4.69, 9.17) is 5.11 Å². The lowest BCUT2D eigenvalue weighted by molar-refractivity contribution is -0.138. The van der Waals surface area contributed by atoms with E-state index in [1.54, 1.807) is 0 Å². The molecule has 2 rings (SSSR count). The first-order valence-electron chi connectivity index (χ1n) is 5.85. The van der Waals surface area contributed by atoms with Crippen LogP contribution >= 0.6 is 11.3 Å². The molecule has 1 aliphatic heterocycles. The summed E-state index contributed by atoms with van der Waals surface area (Å²) in [4.78, 5) is 17.7. The first-order valence-corrected chi connectivity index (χ1v) is 6.67. The normalized spacial score (nSPS) is 18.4. The van der Waals surface area contributed by atoms with Gasteiger partial charge in [-0.05, 0) is 19.1 Å². The molecule has 1 aromatic heterocycles. The lowest BCUT2D eigenvalue weighted by atomic mass is 10.3. The van der Waals surface area contributed by atoms with Gasteiger partial charge in [0.1, 0.15) is 0 Å². The third-order valence-electron chi connectivity index (χ3n) is 3.00. The van der Waals surface area contributed by atoms with E-state index in [2.05, 4.69) is 24.0 Å². The van der Waals surface area contributed by atoms with Gasteiger partial charge in [0.25, 0.3) is 0 Å². The molecular formula is C12H18N2O2S. The summed E-state index contributed by atoms with van der Waals surface area (Å²) in [6.07, 6.45) is 0. The number of carboxylic acids is 1. The lowest BCUT2D eigenvalue weighted by Gasteiger charge is -2.33. The smallest absolute Gasteiger partial charge is 0.317 e. The Labute approximate surface area is 105 Å². The molecule has 0 radical (unpaired) electrons. The molecule has 1 fully saturated rings. The molecule has 2 heterocycles. The second-order valence-corrected chi connectivity index (χ2v) is 5.83. The average molecular weight is 254 g/mol. The van der Waals surface area contributed by atoms with E-state index in [0.717, 1.165) is 32.7 Å². The topological polar surface area (TPSA) is 43.8 Å². The van der Waals surface area contributed by atoms with Gasteiger partial charge >= 0.3 is 5.97 Å². The highest BCUT2D eigenvalue weighted by Gasteiger charge is 2.18. The molecule has 0 amide bonds. The molecule has 4 nitrogen and oxygen atoms in total. The number of rotatable bonds is 4. The van der Waals surface area contributed by atoms with Gasteiger partial charge in [0.2, 0.25) is 0 Å². The van der Waals surface area contributed by atoms with E-state index in [-0.39, 0.29) is 6.54 Å². The summed E-state index contributed by atoms with van der Waals surface area (Å²) < 4.78 is 0. The van der Waals surface area contributed by atoms with Crippen molar-refractivity contribution in [1.29, 1.82) is 0 Å². The monoisotopic (exact) mass is 254 g/mol. The Hall–Kier alpha value is -0.910. The maximum Gasteiger partial charge on any atom is 0.317 e.